The Kier molecular flexibility index (Phi) is 1.76. The number of nitrogens with zero attached hydrogens (tertiary/aromatic N) is 1. The molecule has 0 saturated carbocycles. The lowest BCUT2D eigenvalue weighted by Gasteiger charge is -2.22. The number of hydrogen-bond donors (Lipinski definition) is 0. The minimum atomic E-state index is -2.31. The van der Waals surface area contributed by atoms with E-state index in [2.05, 4.69) is 0 Å². The van der Waals surface area contributed by atoms with Gasteiger partial charge in [-0.1, -0.05) is 22.7 Å². The van der Waals surface area contributed by atoms with Gasteiger partial charge in [0.15, 0.2) is 5.83 Å². The highest BCUT2D eigenvalue weighted by Gasteiger charge is 2.28. The zero-order valence-electron chi connectivity index (χ0n) is 6.55. The van der Waals surface area contributed by atoms with Crippen molar-refractivity contribution in [2.45, 2.75) is 6.30 Å². The molecule has 0 fully saturated rings. The summed E-state index contributed by atoms with van der Waals surface area (Å²) < 4.78 is 38.5. The molecule has 0 aliphatic carbocycles. The molecule has 0 spiro atoms. The van der Waals surface area contributed by atoms with Crippen molar-refractivity contribution in [1.82, 2.24) is 0 Å². The second-order valence-electron chi connectivity index (χ2n) is 2.74. The van der Waals surface area contributed by atoms with Gasteiger partial charge in [0.05, 0.1) is 5.69 Å². The second-order valence-corrected chi connectivity index (χ2v) is 2.74. The highest BCUT2D eigenvalue weighted by Crippen LogP contribution is 2.33. The largest absolute Gasteiger partial charge is 0.251 e. The van der Waals surface area contributed by atoms with Gasteiger partial charge >= 0.3 is 0 Å². The summed E-state index contributed by atoms with van der Waals surface area (Å²) in [4.78, 5) is 0. The van der Waals surface area contributed by atoms with Crippen LogP contribution in [-0.2, 0) is 0 Å². The van der Waals surface area contributed by atoms with E-state index in [9.17, 15) is 13.3 Å². The molecule has 1 aliphatic heterocycles. The minimum absolute atomic E-state index is 0.0522. The molecular weight excluding hydrogens is 179 g/mol. The third-order valence-electron chi connectivity index (χ3n) is 1.89. The van der Waals surface area contributed by atoms with Crippen LogP contribution in [0.2, 0.25) is 0 Å². The van der Waals surface area contributed by atoms with E-state index in [1.54, 1.807) is 12.1 Å². The van der Waals surface area contributed by atoms with Gasteiger partial charge < -0.3 is 0 Å². The Labute approximate surface area is 73.0 Å². The highest BCUT2D eigenvalue weighted by molar-refractivity contribution is 5.71. The van der Waals surface area contributed by atoms with Crippen LogP contribution in [0.3, 0.4) is 0 Å². The number of anilines is 1. The fourth-order valence-corrected chi connectivity index (χ4v) is 1.25. The lowest BCUT2D eigenvalue weighted by molar-refractivity contribution is 0.227. The molecular formula is C9H6F3N. The Morgan fingerprint density at radius 1 is 1.23 bits per heavy atom. The molecule has 2 rings (SSSR count). The van der Waals surface area contributed by atoms with Gasteiger partial charge in [0, 0.05) is 5.56 Å². The fraction of sp³-hybridized carbons (Fsp3) is 0.111. The minimum Gasteiger partial charge on any atom is -0.213 e. The predicted molar refractivity (Wildman–Crippen MR) is 44.0 cm³/mol. The van der Waals surface area contributed by atoms with Gasteiger partial charge in [-0.05, 0) is 12.1 Å². The van der Waals surface area contributed by atoms with Crippen molar-refractivity contribution in [3.63, 3.8) is 0 Å². The maximum absolute atomic E-state index is 13.0. The molecule has 13 heavy (non-hydrogen) atoms. The molecule has 1 unspecified atom stereocenters. The Morgan fingerprint density at radius 3 is 2.69 bits per heavy atom. The SMILES string of the molecule is FC1=Cc2ccccc2N(F)C1F. The van der Waals surface area contributed by atoms with E-state index in [1.165, 1.54) is 12.1 Å². The molecule has 68 valence electrons. The van der Waals surface area contributed by atoms with Crippen molar-refractivity contribution in [3.05, 3.63) is 35.7 Å². The molecule has 0 N–H and O–H groups in total. The number of para-hydroxylation sites is 1. The molecule has 1 atom stereocenters. The maximum Gasteiger partial charge on any atom is 0.251 e. The molecule has 1 aliphatic rings. The highest BCUT2D eigenvalue weighted by atomic mass is 19.2. The lowest BCUT2D eigenvalue weighted by Crippen LogP contribution is -2.27. The molecule has 1 aromatic carbocycles. The van der Waals surface area contributed by atoms with Gasteiger partial charge in [-0.15, -0.1) is 0 Å². The Morgan fingerprint density at radius 2 is 1.92 bits per heavy atom. The summed E-state index contributed by atoms with van der Waals surface area (Å²) in [6.07, 6.45) is -1.31. The number of fused-ring (bicyclic) bond motifs is 1. The molecule has 0 saturated heterocycles. The molecule has 1 heterocycles. The third-order valence-corrected chi connectivity index (χ3v) is 1.89. The topological polar surface area (TPSA) is 3.24 Å². The summed E-state index contributed by atoms with van der Waals surface area (Å²) in [6, 6.07) is 6.11. The number of rotatable bonds is 0. The van der Waals surface area contributed by atoms with Crippen LogP contribution in [0.5, 0.6) is 0 Å². The van der Waals surface area contributed by atoms with E-state index in [-0.39, 0.29) is 10.8 Å². The number of alkyl halides is 1. The molecule has 0 amide bonds. The van der Waals surface area contributed by atoms with Crippen LogP contribution in [0.1, 0.15) is 5.56 Å². The molecule has 0 radical (unpaired) electrons. The van der Waals surface area contributed by atoms with Crippen molar-refractivity contribution in [1.29, 1.82) is 0 Å². The van der Waals surface area contributed by atoms with E-state index in [1.807, 2.05) is 0 Å². The quantitative estimate of drug-likeness (QED) is 0.443. The Hall–Kier alpha value is -1.45. The van der Waals surface area contributed by atoms with Gasteiger partial charge in [-0.3, -0.25) is 0 Å². The van der Waals surface area contributed by atoms with E-state index >= 15 is 0 Å². The van der Waals surface area contributed by atoms with E-state index in [0.29, 0.717) is 5.56 Å². The monoisotopic (exact) mass is 185 g/mol. The first-order valence-corrected chi connectivity index (χ1v) is 3.75. The van der Waals surface area contributed by atoms with Crippen molar-refractivity contribution in [2.75, 3.05) is 5.12 Å². The van der Waals surface area contributed by atoms with Crippen LogP contribution in [0.4, 0.5) is 18.9 Å². The van der Waals surface area contributed by atoms with Gasteiger partial charge in [0.25, 0.3) is 6.30 Å². The van der Waals surface area contributed by atoms with Gasteiger partial charge in [-0.25, -0.2) is 8.78 Å². The average molecular weight is 185 g/mol. The fourth-order valence-electron chi connectivity index (χ4n) is 1.25. The first-order valence-electron chi connectivity index (χ1n) is 3.75. The average Bonchev–Trinajstić information content (AvgIpc) is 2.15. The van der Waals surface area contributed by atoms with Crippen LogP contribution in [0.15, 0.2) is 30.1 Å². The summed E-state index contributed by atoms with van der Waals surface area (Å²) in [5.74, 6) is -1.11. The van der Waals surface area contributed by atoms with E-state index in [0.717, 1.165) is 6.08 Å². The molecule has 1 aromatic rings. The lowest BCUT2D eigenvalue weighted by atomic mass is 10.1. The van der Waals surface area contributed by atoms with Crippen LogP contribution in [-0.4, -0.2) is 6.30 Å². The van der Waals surface area contributed by atoms with Crippen molar-refractivity contribution < 1.29 is 13.3 Å². The number of benzene rings is 1. The van der Waals surface area contributed by atoms with Crippen LogP contribution in [0, 0.1) is 0 Å². The zero-order chi connectivity index (χ0) is 9.42. The van der Waals surface area contributed by atoms with Crippen LogP contribution >= 0.6 is 0 Å². The predicted octanol–water partition coefficient (Wildman–Crippen LogP) is 3.00. The van der Waals surface area contributed by atoms with Crippen LogP contribution < -0.4 is 5.12 Å². The second kappa shape index (κ2) is 2.80. The maximum atomic E-state index is 13.0. The first-order chi connectivity index (χ1) is 6.20. The molecule has 0 bridgehead atoms. The smallest absolute Gasteiger partial charge is 0.213 e. The van der Waals surface area contributed by atoms with Crippen molar-refractivity contribution in [3.8, 4) is 0 Å². The number of halogens is 3. The standard InChI is InChI=1S/C9H6F3N/c10-7-5-6-3-1-2-4-8(6)13(12)9(7)11/h1-5,9H. The zero-order valence-corrected chi connectivity index (χ0v) is 6.55. The Balaban J connectivity index is 2.56. The molecule has 1 nitrogen and oxygen atoms in total. The summed E-state index contributed by atoms with van der Waals surface area (Å²) in [7, 11) is 0. The van der Waals surface area contributed by atoms with E-state index < -0.39 is 12.1 Å². The summed E-state index contributed by atoms with van der Waals surface area (Å²) in [5.41, 5.74) is 0.396. The summed E-state index contributed by atoms with van der Waals surface area (Å²) >= 11 is 0. The van der Waals surface area contributed by atoms with Crippen LogP contribution in [0.25, 0.3) is 6.08 Å². The normalized spacial score (nSPS) is 21.0. The summed E-state index contributed by atoms with van der Waals surface area (Å²) in [5, 5.41) is -0.218. The first kappa shape index (κ1) is 8.16. The van der Waals surface area contributed by atoms with Gasteiger partial charge in [0.1, 0.15) is 0 Å². The van der Waals surface area contributed by atoms with E-state index in [4.69, 9.17) is 0 Å². The van der Waals surface area contributed by atoms with Gasteiger partial charge in [0.2, 0.25) is 0 Å². The molecule has 0 aromatic heterocycles. The molecule has 4 heteroatoms. The number of hydrogen-bond acceptors (Lipinski definition) is 1. The van der Waals surface area contributed by atoms with Crippen molar-refractivity contribution in [2.24, 2.45) is 0 Å². The Bertz CT molecular complexity index is 362. The van der Waals surface area contributed by atoms with Gasteiger partial charge in [-0.2, -0.15) is 5.12 Å². The summed E-state index contributed by atoms with van der Waals surface area (Å²) in [6.45, 7) is 0. The van der Waals surface area contributed by atoms with Crippen molar-refractivity contribution >= 4 is 11.8 Å². The third kappa shape index (κ3) is 1.18.